The average molecular weight is 507 g/mol. The molecule has 3 aromatic rings. The molecule has 33 heavy (non-hydrogen) atoms. The van der Waals surface area contributed by atoms with Crippen molar-refractivity contribution in [3.05, 3.63) is 93.5 Å². The fourth-order valence-electron chi connectivity index (χ4n) is 3.03. The molecule has 0 unspecified atom stereocenters. The number of anilines is 1. The summed E-state index contributed by atoms with van der Waals surface area (Å²) >= 11 is 12.0. The second kappa shape index (κ2) is 10.9. The van der Waals surface area contributed by atoms with Gasteiger partial charge in [0.25, 0.3) is 5.91 Å². The summed E-state index contributed by atoms with van der Waals surface area (Å²) in [4.78, 5) is 12.4. The number of benzene rings is 3. The molecule has 0 fully saturated rings. The highest BCUT2D eigenvalue weighted by atomic mass is 35.5. The Balaban J connectivity index is 1.59. The summed E-state index contributed by atoms with van der Waals surface area (Å²) in [6.07, 6.45) is 1.14. The Labute approximate surface area is 204 Å². The first-order valence-corrected chi connectivity index (χ1v) is 12.7. The predicted molar refractivity (Wildman–Crippen MR) is 133 cm³/mol. The van der Waals surface area contributed by atoms with Gasteiger partial charge in [0.2, 0.25) is 10.0 Å². The van der Waals surface area contributed by atoms with Gasteiger partial charge in [0.05, 0.1) is 25.0 Å². The summed E-state index contributed by atoms with van der Waals surface area (Å²) in [6, 6.07) is 18.8. The molecule has 0 aliphatic carbocycles. The van der Waals surface area contributed by atoms with Gasteiger partial charge in [-0.3, -0.25) is 9.10 Å². The van der Waals surface area contributed by atoms with Crippen LogP contribution in [-0.4, -0.2) is 33.7 Å². The van der Waals surface area contributed by atoms with Crippen molar-refractivity contribution < 1.29 is 17.9 Å². The molecule has 3 aromatic carbocycles. The number of hydrogen-bond donors (Lipinski definition) is 1. The maximum absolute atomic E-state index is 12.4. The van der Waals surface area contributed by atoms with Crippen LogP contribution in [0.1, 0.15) is 21.5 Å². The highest BCUT2D eigenvalue weighted by Gasteiger charge is 2.18. The third-order valence-electron chi connectivity index (χ3n) is 4.86. The topological polar surface area (TPSA) is 75.7 Å². The van der Waals surface area contributed by atoms with E-state index >= 15 is 0 Å². The average Bonchev–Trinajstić information content (AvgIpc) is 2.78. The SMILES string of the molecule is Cc1ccc(OCCNC(=O)c2ccc(N(Cc3ccc(Cl)cc3)S(C)(=O)=O)cc2)cc1Cl. The van der Waals surface area contributed by atoms with Crippen molar-refractivity contribution in [1.82, 2.24) is 5.32 Å². The van der Waals surface area contributed by atoms with E-state index in [2.05, 4.69) is 5.32 Å². The lowest BCUT2D eigenvalue weighted by atomic mass is 10.2. The minimum absolute atomic E-state index is 0.155. The van der Waals surface area contributed by atoms with E-state index in [4.69, 9.17) is 27.9 Å². The molecule has 0 aliphatic rings. The fraction of sp³-hybridized carbons (Fsp3) is 0.208. The second-order valence-electron chi connectivity index (χ2n) is 7.46. The minimum Gasteiger partial charge on any atom is -0.492 e. The monoisotopic (exact) mass is 506 g/mol. The van der Waals surface area contributed by atoms with E-state index in [0.717, 1.165) is 17.4 Å². The molecule has 0 bridgehead atoms. The highest BCUT2D eigenvalue weighted by molar-refractivity contribution is 7.92. The first-order chi connectivity index (χ1) is 15.6. The lowest BCUT2D eigenvalue weighted by molar-refractivity contribution is 0.0947. The van der Waals surface area contributed by atoms with E-state index in [1.54, 1.807) is 54.6 Å². The highest BCUT2D eigenvalue weighted by Crippen LogP contribution is 2.23. The van der Waals surface area contributed by atoms with E-state index < -0.39 is 10.0 Å². The summed E-state index contributed by atoms with van der Waals surface area (Å²) in [5.74, 6) is 0.349. The van der Waals surface area contributed by atoms with Crippen LogP contribution in [0.3, 0.4) is 0 Å². The molecular weight excluding hydrogens is 483 g/mol. The molecule has 0 atom stereocenters. The molecule has 0 radical (unpaired) electrons. The van der Waals surface area contributed by atoms with Gasteiger partial charge in [-0.25, -0.2) is 8.42 Å². The number of amides is 1. The van der Waals surface area contributed by atoms with Crippen molar-refractivity contribution in [1.29, 1.82) is 0 Å². The Hall–Kier alpha value is -2.74. The molecule has 0 saturated heterocycles. The number of nitrogens with zero attached hydrogens (tertiary/aromatic N) is 1. The lowest BCUT2D eigenvalue weighted by Gasteiger charge is -2.23. The quantitative estimate of drug-likeness (QED) is 0.410. The molecule has 1 N–H and O–H groups in total. The van der Waals surface area contributed by atoms with Crippen LogP contribution in [0.4, 0.5) is 5.69 Å². The smallest absolute Gasteiger partial charge is 0.251 e. The number of hydrogen-bond acceptors (Lipinski definition) is 4. The summed E-state index contributed by atoms with van der Waals surface area (Å²) in [5.41, 5.74) is 2.63. The number of aryl methyl sites for hydroxylation is 1. The Bertz CT molecular complexity index is 1210. The maximum atomic E-state index is 12.4. The Morgan fingerprint density at radius 3 is 2.27 bits per heavy atom. The van der Waals surface area contributed by atoms with Gasteiger partial charge in [0.1, 0.15) is 12.4 Å². The summed E-state index contributed by atoms with van der Waals surface area (Å²) < 4.78 is 31.6. The van der Waals surface area contributed by atoms with Crippen LogP contribution in [0.15, 0.2) is 66.7 Å². The van der Waals surface area contributed by atoms with Crippen molar-refractivity contribution in [3.63, 3.8) is 0 Å². The van der Waals surface area contributed by atoms with Gasteiger partial charge < -0.3 is 10.1 Å². The molecule has 0 aromatic heterocycles. The van der Waals surface area contributed by atoms with Crippen LogP contribution in [0.2, 0.25) is 10.0 Å². The van der Waals surface area contributed by atoms with Gasteiger partial charge in [-0.05, 0) is 66.6 Å². The zero-order valence-corrected chi connectivity index (χ0v) is 20.5. The Morgan fingerprint density at radius 1 is 1.00 bits per heavy atom. The maximum Gasteiger partial charge on any atom is 0.251 e. The first kappa shape index (κ1) is 24.9. The summed E-state index contributed by atoms with van der Waals surface area (Å²) in [7, 11) is -3.54. The molecule has 9 heteroatoms. The van der Waals surface area contributed by atoms with Gasteiger partial charge in [0, 0.05) is 15.6 Å². The van der Waals surface area contributed by atoms with Crippen LogP contribution in [0.5, 0.6) is 5.75 Å². The zero-order valence-electron chi connectivity index (χ0n) is 18.2. The van der Waals surface area contributed by atoms with E-state index in [0.29, 0.717) is 33.6 Å². The molecule has 3 rings (SSSR count). The molecule has 0 spiro atoms. The fourth-order valence-corrected chi connectivity index (χ4v) is 4.22. The van der Waals surface area contributed by atoms with Crippen molar-refractivity contribution in [3.8, 4) is 5.75 Å². The van der Waals surface area contributed by atoms with Gasteiger partial charge >= 0.3 is 0 Å². The van der Waals surface area contributed by atoms with Gasteiger partial charge in [-0.2, -0.15) is 0 Å². The van der Waals surface area contributed by atoms with Crippen molar-refractivity contribution in [2.24, 2.45) is 0 Å². The third kappa shape index (κ3) is 7.12. The van der Waals surface area contributed by atoms with Gasteiger partial charge in [-0.15, -0.1) is 0 Å². The standard InChI is InChI=1S/C24H24Cl2N2O4S/c1-17-3-12-22(15-23(17)26)32-14-13-27-24(29)19-6-10-21(11-7-19)28(33(2,30)31)16-18-4-8-20(25)9-5-18/h3-12,15H,13-14,16H2,1-2H3,(H,27,29). The predicted octanol–water partition coefficient (Wildman–Crippen LogP) is 5.08. The minimum atomic E-state index is -3.54. The molecule has 6 nitrogen and oxygen atoms in total. The van der Waals surface area contributed by atoms with Crippen molar-refractivity contribution >= 4 is 44.8 Å². The van der Waals surface area contributed by atoms with Gasteiger partial charge in [-0.1, -0.05) is 41.4 Å². The third-order valence-corrected chi connectivity index (χ3v) is 6.66. The number of halogens is 2. The number of nitrogens with one attached hydrogen (secondary N) is 1. The van der Waals surface area contributed by atoms with Crippen molar-refractivity contribution in [2.75, 3.05) is 23.7 Å². The molecule has 0 saturated carbocycles. The van der Waals surface area contributed by atoms with Crippen LogP contribution in [-0.2, 0) is 16.6 Å². The van der Waals surface area contributed by atoms with Crippen LogP contribution < -0.4 is 14.4 Å². The van der Waals surface area contributed by atoms with Crippen LogP contribution >= 0.6 is 23.2 Å². The Morgan fingerprint density at radius 2 is 1.67 bits per heavy atom. The molecule has 1 amide bonds. The molecular formula is C24H24Cl2N2O4S. The van der Waals surface area contributed by atoms with E-state index in [1.807, 2.05) is 19.1 Å². The lowest BCUT2D eigenvalue weighted by Crippen LogP contribution is -2.30. The number of ether oxygens (including phenoxy) is 1. The molecule has 0 aliphatic heterocycles. The number of rotatable bonds is 9. The zero-order chi connectivity index (χ0) is 24.0. The largest absolute Gasteiger partial charge is 0.492 e. The van der Waals surface area contributed by atoms with E-state index in [9.17, 15) is 13.2 Å². The van der Waals surface area contributed by atoms with Gasteiger partial charge in [0.15, 0.2) is 0 Å². The van der Waals surface area contributed by atoms with E-state index in [1.165, 1.54) is 4.31 Å². The second-order valence-corrected chi connectivity index (χ2v) is 10.2. The first-order valence-electron chi connectivity index (χ1n) is 10.1. The number of carbonyl (C=O) groups excluding carboxylic acids is 1. The summed E-state index contributed by atoms with van der Waals surface area (Å²) in [5, 5.41) is 3.98. The number of carbonyl (C=O) groups is 1. The molecule has 0 heterocycles. The summed E-state index contributed by atoms with van der Waals surface area (Å²) in [6.45, 7) is 2.65. The van der Waals surface area contributed by atoms with Crippen LogP contribution in [0, 0.1) is 6.92 Å². The molecule has 174 valence electrons. The number of sulfonamides is 1. The normalized spacial score (nSPS) is 11.2. The Kier molecular flexibility index (Phi) is 8.24. The van der Waals surface area contributed by atoms with Crippen LogP contribution in [0.25, 0.3) is 0 Å². The van der Waals surface area contributed by atoms with Crippen molar-refractivity contribution in [2.45, 2.75) is 13.5 Å². The van der Waals surface area contributed by atoms with E-state index in [-0.39, 0.29) is 19.1 Å².